The number of para-hydroxylation sites is 2. The third kappa shape index (κ3) is 2.43. The van der Waals surface area contributed by atoms with Crippen LogP contribution < -0.4 is 10.6 Å². The van der Waals surface area contributed by atoms with Crippen LogP contribution in [0.25, 0.3) is 0 Å². The minimum absolute atomic E-state index is 0.203. The predicted molar refractivity (Wildman–Crippen MR) is 70.8 cm³/mol. The van der Waals surface area contributed by atoms with Crippen LogP contribution in [0.15, 0.2) is 24.3 Å². The third-order valence-electron chi connectivity index (χ3n) is 3.51. The molecule has 1 aliphatic carbocycles. The highest BCUT2D eigenvalue weighted by Crippen LogP contribution is 2.30. The van der Waals surface area contributed by atoms with E-state index in [-0.39, 0.29) is 11.8 Å². The van der Waals surface area contributed by atoms with Gasteiger partial charge < -0.3 is 10.6 Å². The highest BCUT2D eigenvalue weighted by Gasteiger charge is 2.27. The number of amides is 1. The normalized spacial score (nSPS) is 16.1. The molecule has 0 spiro atoms. The van der Waals surface area contributed by atoms with Crippen molar-refractivity contribution in [1.29, 1.82) is 0 Å². The average molecular weight is 232 g/mol. The van der Waals surface area contributed by atoms with Gasteiger partial charge >= 0.3 is 0 Å². The maximum atomic E-state index is 12.4. The monoisotopic (exact) mass is 232 g/mol. The van der Waals surface area contributed by atoms with Gasteiger partial charge in [0.25, 0.3) is 0 Å². The number of rotatable bonds is 3. The first-order chi connectivity index (χ1) is 8.24. The second-order valence-corrected chi connectivity index (χ2v) is 4.62. The van der Waals surface area contributed by atoms with Gasteiger partial charge in [-0.1, -0.05) is 25.0 Å². The van der Waals surface area contributed by atoms with E-state index in [1.165, 1.54) is 12.8 Å². The van der Waals surface area contributed by atoms with Crippen LogP contribution in [-0.4, -0.2) is 12.5 Å². The number of carbonyl (C=O) groups is 1. The van der Waals surface area contributed by atoms with Gasteiger partial charge in [0.1, 0.15) is 0 Å². The molecule has 0 atom stereocenters. The van der Waals surface area contributed by atoms with E-state index >= 15 is 0 Å². The zero-order valence-corrected chi connectivity index (χ0v) is 10.4. The molecule has 1 amide bonds. The molecule has 0 bridgehead atoms. The van der Waals surface area contributed by atoms with Crippen LogP contribution in [0.3, 0.4) is 0 Å². The van der Waals surface area contributed by atoms with Gasteiger partial charge in [-0.25, -0.2) is 0 Å². The molecule has 1 aliphatic rings. The summed E-state index contributed by atoms with van der Waals surface area (Å²) < 4.78 is 0. The molecule has 1 saturated carbocycles. The number of nitrogen functional groups attached to an aromatic ring is 1. The molecule has 0 aromatic heterocycles. The summed E-state index contributed by atoms with van der Waals surface area (Å²) in [6.07, 6.45) is 4.42. The molecule has 0 unspecified atom stereocenters. The van der Waals surface area contributed by atoms with Crippen molar-refractivity contribution in [2.75, 3.05) is 17.2 Å². The number of anilines is 2. The molecule has 0 heterocycles. The third-order valence-corrected chi connectivity index (χ3v) is 3.51. The fourth-order valence-electron chi connectivity index (χ4n) is 2.57. The minimum atomic E-state index is 0.203. The summed E-state index contributed by atoms with van der Waals surface area (Å²) in [6.45, 7) is 2.68. The van der Waals surface area contributed by atoms with Crippen LogP contribution in [0.5, 0.6) is 0 Å². The summed E-state index contributed by atoms with van der Waals surface area (Å²) in [5, 5.41) is 0. The number of hydrogen-bond acceptors (Lipinski definition) is 2. The Balaban J connectivity index is 2.21. The van der Waals surface area contributed by atoms with Crippen LogP contribution in [0.2, 0.25) is 0 Å². The molecule has 92 valence electrons. The van der Waals surface area contributed by atoms with Gasteiger partial charge in [0.05, 0.1) is 11.4 Å². The topological polar surface area (TPSA) is 46.3 Å². The van der Waals surface area contributed by atoms with Crippen LogP contribution in [-0.2, 0) is 4.79 Å². The zero-order chi connectivity index (χ0) is 12.3. The van der Waals surface area contributed by atoms with Gasteiger partial charge in [0, 0.05) is 12.5 Å². The first kappa shape index (κ1) is 12.0. The minimum Gasteiger partial charge on any atom is -0.397 e. The van der Waals surface area contributed by atoms with Gasteiger partial charge in [-0.2, -0.15) is 0 Å². The zero-order valence-electron chi connectivity index (χ0n) is 10.4. The first-order valence-electron chi connectivity index (χ1n) is 6.40. The number of nitrogens with zero attached hydrogens (tertiary/aromatic N) is 1. The van der Waals surface area contributed by atoms with Crippen molar-refractivity contribution < 1.29 is 4.79 Å². The molecule has 3 nitrogen and oxygen atoms in total. The maximum absolute atomic E-state index is 12.4. The van der Waals surface area contributed by atoms with Gasteiger partial charge in [0.15, 0.2) is 0 Å². The lowest BCUT2D eigenvalue weighted by atomic mass is 10.1. The van der Waals surface area contributed by atoms with E-state index in [4.69, 9.17) is 5.73 Å². The Hall–Kier alpha value is -1.51. The Labute approximate surface area is 103 Å². The van der Waals surface area contributed by atoms with Crippen molar-refractivity contribution >= 4 is 17.3 Å². The largest absolute Gasteiger partial charge is 0.397 e. The Bertz CT molecular complexity index is 397. The van der Waals surface area contributed by atoms with Crippen molar-refractivity contribution in [3.05, 3.63) is 24.3 Å². The van der Waals surface area contributed by atoms with E-state index in [0.29, 0.717) is 12.2 Å². The van der Waals surface area contributed by atoms with Crippen molar-refractivity contribution in [3.63, 3.8) is 0 Å². The maximum Gasteiger partial charge on any atom is 0.230 e. The SMILES string of the molecule is CCN(C(=O)C1CCCC1)c1ccccc1N. The Kier molecular flexibility index (Phi) is 3.67. The molecule has 0 aliphatic heterocycles. The second-order valence-electron chi connectivity index (χ2n) is 4.62. The lowest BCUT2D eigenvalue weighted by molar-refractivity contribution is -0.122. The molecule has 0 radical (unpaired) electrons. The van der Waals surface area contributed by atoms with Crippen LogP contribution in [0.1, 0.15) is 32.6 Å². The number of benzene rings is 1. The van der Waals surface area contributed by atoms with E-state index in [1.807, 2.05) is 36.1 Å². The molecule has 2 rings (SSSR count). The van der Waals surface area contributed by atoms with Gasteiger partial charge in [-0.05, 0) is 31.9 Å². The van der Waals surface area contributed by atoms with Crippen molar-refractivity contribution in [2.45, 2.75) is 32.6 Å². The average Bonchev–Trinajstić information content (AvgIpc) is 2.86. The molecular formula is C14H20N2O. The quantitative estimate of drug-likeness (QED) is 0.814. The van der Waals surface area contributed by atoms with Crippen LogP contribution >= 0.6 is 0 Å². The molecule has 0 saturated heterocycles. The molecule has 3 heteroatoms. The van der Waals surface area contributed by atoms with E-state index in [0.717, 1.165) is 18.5 Å². The Morgan fingerprint density at radius 3 is 2.59 bits per heavy atom. The number of nitrogens with two attached hydrogens (primary N) is 1. The number of carbonyl (C=O) groups excluding carboxylic acids is 1. The highest BCUT2D eigenvalue weighted by molar-refractivity contribution is 5.97. The smallest absolute Gasteiger partial charge is 0.230 e. The predicted octanol–water partition coefficient (Wildman–Crippen LogP) is 2.81. The summed E-state index contributed by atoms with van der Waals surface area (Å²) in [6, 6.07) is 7.59. The lowest BCUT2D eigenvalue weighted by Gasteiger charge is -2.25. The van der Waals surface area contributed by atoms with Gasteiger partial charge in [-0.3, -0.25) is 4.79 Å². The molecule has 17 heavy (non-hydrogen) atoms. The van der Waals surface area contributed by atoms with Crippen molar-refractivity contribution in [2.24, 2.45) is 5.92 Å². The van der Waals surface area contributed by atoms with Crippen molar-refractivity contribution in [3.8, 4) is 0 Å². The fraction of sp³-hybridized carbons (Fsp3) is 0.500. The summed E-state index contributed by atoms with van der Waals surface area (Å²) >= 11 is 0. The van der Waals surface area contributed by atoms with E-state index < -0.39 is 0 Å². The molecule has 1 aromatic rings. The van der Waals surface area contributed by atoms with Crippen LogP contribution in [0, 0.1) is 5.92 Å². The summed E-state index contributed by atoms with van der Waals surface area (Å²) in [5.41, 5.74) is 7.47. The van der Waals surface area contributed by atoms with Gasteiger partial charge in [0.2, 0.25) is 5.91 Å². The van der Waals surface area contributed by atoms with Crippen LogP contribution in [0.4, 0.5) is 11.4 Å². The fourth-order valence-corrected chi connectivity index (χ4v) is 2.57. The van der Waals surface area contributed by atoms with E-state index in [2.05, 4.69) is 0 Å². The first-order valence-corrected chi connectivity index (χ1v) is 6.40. The molecule has 2 N–H and O–H groups in total. The second kappa shape index (κ2) is 5.21. The van der Waals surface area contributed by atoms with E-state index in [1.54, 1.807) is 0 Å². The highest BCUT2D eigenvalue weighted by atomic mass is 16.2. The Morgan fingerprint density at radius 1 is 1.35 bits per heavy atom. The lowest BCUT2D eigenvalue weighted by Crippen LogP contribution is -2.35. The van der Waals surface area contributed by atoms with E-state index in [9.17, 15) is 4.79 Å². The standard InChI is InChI=1S/C14H20N2O/c1-2-16(13-10-6-5-9-12(13)15)14(17)11-7-3-4-8-11/h5-6,9-11H,2-4,7-8,15H2,1H3. The van der Waals surface area contributed by atoms with Crippen molar-refractivity contribution in [1.82, 2.24) is 0 Å². The molecule has 1 fully saturated rings. The molecule has 1 aromatic carbocycles. The summed E-state index contributed by atoms with van der Waals surface area (Å²) in [4.78, 5) is 14.2. The van der Waals surface area contributed by atoms with Gasteiger partial charge in [-0.15, -0.1) is 0 Å². The number of hydrogen-bond donors (Lipinski definition) is 1. The molecular weight excluding hydrogens is 212 g/mol. The Morgan fingerprint density at radius 2 is 2.00 bits per heavy atom. The summed E-state index contributed by atoms with van der Waals surface area (Å²) in [7, 11) is 0. The summed E-state index contributed by atoms with van der Waals surface area (Å²) in [5.74, 6) is 0.442.